The molecule has 9 heteroatoms. The molecule has 0 saturated carbocycles. The van der Waals surface area contributed by atoms with Gasteiger partial charge in [-0.3, -0.25) is 4.72 Å². The number of anilines is 2. The first-order valence-electron chi connectivity index (χ1n) is 7.90. The van der Waals surface area contributed by atoms with Crippen molar-refractivity contribution in [1.82, 2.24) is 8.75 Å². The fourth-order valence-electron chi connectivity index (χ4n) is 2.94. The van der Waals surface area contributed by atoms with Crippen molar-refractivity contribution in [3.8, 4) is 0 Å². The van der Waals surface area contributed by atoms with Crippen LogP contribution in [0.15, 0.2) is 59.5 Å². The van der Waals surface area contributed by atoms with Gasteiger partial charge in [-0.1, -0.05) is 24.3 Å². The molecule has 0 aliphatic heterocycles. The maximum atomic E-state index is 13.0. The van der Waals surface area contributed by atoms with Crippen LogP contribution in [0.1, 0.15) is 0 Å². The normalized spacial score (nSPS) is 11.3. The van der Waals surface area contributed by atoms with E-state index in [0.29, 0.717) is 16.6 Å². The fourth-order valence-corrected chi connectivity index (χ4v) is 4.73. The van der Waals surface area contributed by atoms with E-state index < -0.39 is 10.0 Å². The molecule has 4 rings (SSSR count). The van der Waals surface area contributed by atoms with Crippen molar-refractivity contribution in [2.24, 2.45) is 0 Å². The van der Waals surface area contributed by atoms with Crippen molar-refractivity contribution < 1.29 is 8.42 Å². The zero-order valence-electron chi connectivity index (χ0n) is 14.2. The third-order valence-electron chi connectivity index (χ3n) is 4.14. The van der Waals surface area contributed by atoms with E-state index in [9.17, 15) is 8.42 Å². The van der Waals surface area contributed by atoms with Crippen LogP contribution in [0.4, 0.5) is 11.4 Å². The molecule has 0 radical (unpaired) electrons. The van der Waals surface area contributed by atoms with Gasteiger partial charge in [-0.15, -0.1) is 0 Å². The third-order valence-corrected chi connectivity index (χ3v) is 6.13. The Hall–Kier alpha value is -1.07. The zero-order chi connectivity index (χ0) is 18.3. The Labute approximate surface area is 204 Å². The first kappa shape index (κ1) is 20.7. The van der Waals surface area contributed by atoms with Gasteiger partial charge in [0.25, 0.3) is 10.0 Å². The van der Waals surface area contributed by atoms with Crippen molar-refractivity contribution in [2.45, 2.75) is 4.90 Å². The molecule has 4 aromatic rings. The molecule has 3 aromatic carbocycles. The van der Waals surface area contributed by atoms with Gasteiger partial charge in [0.2, 0.25) is 0 Å². The third kappa shape index (κ3) is 4.04. The molecule has 1 heterocycles. The Kier molecular flexibility index (Phi) is 6.21. The van der Waals surface area contributed by atoms with Crippen LogP contribution in [0.5, 0.6) is 0 Å². The van der Waals surface area contributed by atoms with Crippen LogP contribution >= 0.6 is 11.7 Å². The van der Waals surface area contributed by atoms with Gasteiger partial charge in [-0.2, -0.15) is 8.75 Å². The summed E-state index contributed by atoms with van der Waals surface area (Å²) in [6.07, 6.45) is 0. The van der Waals surface area contributed by atoms with Crippen LogP contribution in [0.25, 0.3) is 21.8 Å². The van der Waals surface area contributed by atoms with E-state index in [4.69, 9.17) is 0 Å². The molecule has 0 spiro atoms. The molecule has 0 unspecified atom stereocenters. The molecule has 0 saturated heterocycles. The Balaban J connectivity index is 0.00000210. The fraction of sp³-hybridized carbons (Fsp3) is 0.111. The van der Waals surface area contributed by atoms with Crippen molar-refractivity contribution in [3.63, 3.8) is 0 Å². The van der Waals surface area contributed by atoms with E-state index in [0.717, 1.165) is 28.3 Å². The summed E-state index contributed by atoms with van der Waals surface area (Å²) in [6.45, 7) is 0. The van der Waals surface area contributed by atoms with Crippen LogP contribution < -0.4 is 9.62 Å². The van der Waals surface area contributed by atoms with Gasteiger partial charge in [0, 0.05) is 30.6 Å². The van der Waals surface area contributed by atoms with Crippen LogP contribution in [-0.4, -0.2) is 82.6 Å². The molecule has 0 aliphatic carbocycles. The summed E-state index contributed by atoms with van der Waals surface area (Å²) in [7, 11) is 0.124. The number of hydrogen-bond donors (Lipinski definition) is 1. The summed E-state index contributed by atoms with van der Waals surface area (Å²) in [5.41, 5.74) is 2.85. The monoisotopic (exact) mass is 424 g/mol. The van der Waals surface area contributed by atoms with Crippen LogP contribution in [-0.2, 0) is 10.0 Å². The van der Waals surface area contributed by atoms with Crippen molar-refractivity contribution in [1.29, 1.82) is 0 Å². The van der Waals surface area contributed by atoms with Crippen molar-refractivity contribution in [2.75, 3.05) is 23.7 Å². The van der Waals surface area contributed by atoms with Gasteiger partial charge >= 0.3 is 51.4 Å². The summed E-state index contributed by atoms with van der Waals surface area (Å²) >= 11 is 1.10. The minimum absolute atomic E-state index is 0. The number of rotatable bonds is 4. The standard InChI is InChI=1S/C18H16N4O2S2.K.H/c1-22(2)17-7-3-6-14-13(17)5-4-8-18(14)26(23,24)21-12-9-10-15-16(11-12)20-25-19-15;;/h3-11,21H,1-2H3;;. The minimum atomic E-state index is -3.75. The molecule has 0 bridgehead atoms. The summed E-state index contributed by atoms with van der Waals surface area (Å²) in [4.78, 5) is 2.21. The van der Waals surface area contributed by atoms with Crippen molar-refractivity contribution in [3.05, 3.63) is 54.6 Å². The molecule has 1 aromatic heterocycles. The summed E-state index contributed by atoms with van der Waals surface area (Å²) in [5, 5.41) is 1.57. The Morgan fingerprint density at radius 1 is 0.926 bits per heavy atom. The average molecular weight is 425 g/mol. The maximum absolute atomic E-state index is 13.0. The molecule has 0 amide bonds. The summed E-state index contributed by atoms with van der Waals surface area (Å²) < 4.78 is 37.0. The second kappa shape index (κ2) is 8.12. The van der Waals surface area contributed by atoms with E-state index in [1.165, 1.54) is 0 Å². The number of benzene rings is 3. The van der Waals surface area contributed by atoms with Gasteiger partial charge in [-0.25, -0.2) is 8.42 Å². The SMILES string of the molecule is CN(C)c1cccc2c(S(=O)(=O)Nc3ccc4nsnc4c3)cccc12.[KH]. The second-order valence-electron chi connectivity index (χ2n) is 6.10. The number of nitrogens with zero attached hydrogens (tertiary/aromatic N) is 3. The van der Waals surface area contributed by atoms with E-state index in [-0.39, 0.29) is 56.3 Å². The van der Waals surface area contributed by atoms with Gasteiger partial charge in [-0.05, 0) is 30.3 Å². The Bertz CT molecular complexity index is 1220. The quantitative estimate of drug-likeness (QED) is 0.510. The molecule has 6 nitrogen and oxygen atoms in total. The summed E-state index contributed by atoms with van der Waals surface area (Å²) in [5.74, 6) is 0. The van der Waals surface area contributed by atoms with E-state index in [1.807, 2.05) is 43.3 Å². The molecule has 0 fully saturated rings. The molecular weight excluding hydrogens is 407 g/mol. The van der Waals surface area contributed by atoms with Gasteiger partial charge in [0.1, 0.15) is 11.0 Å². The molecule has 134 valence electrons. The number of fused-ring (bicyclic) bond motifs is 2. The van der Waals surface area contributed by atoms with E-state index in [2.05, 4.69) is 13.5 Å². The van der Waals surface area contributed by atoms with Gasteiger partial charge < -0.3 is 4.90 Å². The predicted octanol–water partition coefficient (Wildman–Crippen LogP) is 3.06. The topological polar surface area (TPSA) is 75.2 Å². The van der Waals surface area contributed by atoms with Gasteiger partial charge in [0.15, 0.2) is 0 Å². The number of hydrogen-bond acceptors (Lipinski definition) is 6. The molecule has 0 aliphatic rings. The first-order chi connectivity index (χ1) is 12.5. The van der Waals surface area contributed by atoms with Crippen LogP contribution in [0.3, 0.4) is 0 Å². The molecular formula is C18H17KN4O2S2. The number of aromatic nitrogens is 2. The van der Waals surface area contributed by atoms with Gasteiger partial charge in [0.05, 0.1) is 22.3 Å². The Morgan fingerprint density at radius 3 is 2.41 bits per heavy atom. The molecule has 1 N–H and O–H groups in total. The first-order valence-corrected chi connectivity index (χ1v) is 10.1. The van der Waals surface area contributed by atoms with Crippen LogP contribution in [0.2, 0.25) is 0 Å². The van der Waals surface area contributed by atoms with E-state index >= 15 is 0 Å². The number of sulfonamides is 1. The predicted molar refractivity (Wildman–Crippen MR) is 114 cm³/mol. The molecule has 0 atom stereocenters. The number of nitrogens with one attached hydrogen (secondary N) is 1. The zero-order valence-corrected chi connectivity index (χ0v) is 15.8. The van der Waals surface area contributed by atoms with Crippen molar-refractivity contribution >= 4 is 106 Å². The van der Waals surface area contributed by atoms with Crippen LogP contribution in [0, 0.1) is 0 Å². The van der Waals surface area contributed by atoms with E-state index in [1.54, 1.807) is 30.3 Å². The second-order valence-corrected chi connectivity index (χ2v) is 8.28. The average Bonchev–Trinajstić information content (AvgIpc) is 3.08. The summed E-state index contributed by atoms with van der Waals surface area (Å²) in [6, 6.07) is 16.1. The Morgan fingerprint density at radius 2 is 1.63 bits per heavy atom. The molecule has 27 heavy (non-hydrogen) atoms.